The van der Waals surface area contributed by atoms with Gasteiger partial charge in [0.1, 0.15) is 6.61 Å². The average molecular weight is 265 g/mol. The van der Waals surface area contributed by atoms with E-state index in [4.69, 9.17) is 4.74 Å². The van der Waals surface area contributed by atoms with Gasteiger partial charge in [-0.3, -0.25) is 0 Å². The highest BCUT2D eigenvalue weighted by atomic mass is 32.2. The zero-order valence-electron chi connectivity index (χ0n) is 10.4. The summed E-state index contributed by atoms with van der Waals surface area (Å²) >= 11 is 1.97. The maximum atomic E-state index is 11.5. The largest absolute Gasteiger partial charge is 0.445 e. The van der Waals surface area contributed by atoms with E-state index in [1.807, 2.05) is 42.1 Å². The summed E-state index contributed by atoms with van der Waals surface area (Å²) in [6.07, 6.45) is 2.16. The number of thioether (sulfide) groups is 1. The first kappa shape index (κ1) is 13.3. The van der Waals surface area contributed by atoms with Crippen molar-refractivity contribution in [3.63, 3.8) is 0 Å². The number of rotatable bonds is 4. The molecule has 0 saturated carbocycles. The lowest BCUT2D eigenvalue weighted by Gasteiger charge is -2.21. The van der Waals surface area contributed by atoms with E-state index >= 15 is 0 Å². The molecule has 1 aromatic rings. The van der Waals surface area contributed by atoms with Gasteiger partial charge in [-0.2, -0.15) is 11.8 Å². The molecular formula is C14H19NO2S. The highest BCUT2D eigenvalue weighted by Gasteiger charge is 2.14. The Morgan fingerprint density at radius 2 is 2.22 bits per heavy atom. The number of amides is 1. The van der Waals surface area contributed by atoms with Crippen LogP contribution in [0.3, 0.4) is 0 Å². The van der Waals surface area contributed by atoms with Gasteiger partial charge in [-0.05, 0) is 35.8 Å². The van der Waals surface area contributed by atoms with E-state index in [0.29, 0.717) is 12.5 Å². The van der Waals surface area contributed by atoms with Crippen LogP contribution >= 0.6 is 11.8 Å². The summed E-state index contributed by atoms with van der Waals surface area (Å²) in [5, 5.41) is 2.85. The van der Waals surface area contributed by atoms with Crippen LogP contribution in [-0.2, 0) is 11.3 Å². The average Bonchev–Trinajstić information content (AvgIpc) is 2.45. The summed E-state index contributed by atoms with van der Waals surface area (Å²) in [5.74, 6) is 3.02. The molecule has 1 aromatic carbocycles. The van der Waals surface area contributed by atoms with Crippen molar-refractivity contribution in [1.29, 1.82) is 0 Å². The summed E-state index contributed by atoms with van der Waals surface area (Å²) in [6.45, 7) is 1.08. The number of nitrogens with one attached hydrogen (secondary N) is 1. The maximum absolute atomic E-state index is 11.5. The lowest BCUT2D eigenvalue weighted by Crippen LogP contribution is -2.31. The first-order valence-corrected chi connectivity index (χ1v) is 7.52. The van der Waals surface area contributed by atoms with Crippen molar-refractivity contribution in [1.82, 2.24) is 5.32 Å². The first-order valence-electron chi connectivity index (χ1n) is 6.37. The van der Waals surface area contributed by atoms with Gasteiger partial charge in [0.2, 0.25) is 0 Å². The van der Waals surface area contributed by atoms with Crippen LogP contribution in [-0.4, -0.2) is 24.1 Å². The SMILES string of the molecule is O=C(NCC1CCCSC1)OCc1ccccc1. The molecule has 0 radical (unpaired) electrons. The molecule has 1 atom stereocenters. The minimum Gasteiger partial charge on any atom is -0.445 e. The molecule has 0 aromatic heterocycles. The Balaban J connectivity index is 1.63. The zero-order valence-corrected chi connectivity index (χ0v) is 11.2. The fraction of sp³-hybridized carbons (Fsp3) is 0.500. The molecule has 98 valence electrons. The second-order valence-corrected chi connectivity index (χ2v) is 5.68. The van der Waals surface area contributed by atoms with Gasteiger partial charge in [0.05, 0.1) is 0 Å². The fourth-order valence-corrected chi connectivity index (χ4v) is 3.13. The summed E-state index contributed by atoms with van der Waals surface area (Å²) in [5.41, 5.74) is 1.01. The van der Waals surface area contributed by atoms with Crippen molar-refractivity contribution in [3.05, 3.63) is 35.9 Å². The van der Waals surface area contributed by atoms with Crippen molar-refractivity contribution >= 4 is 17.9 Å². The molecule has 0 aliphatic carbocycles. The molecule has 1 amide bonds. The predicted octanol–water partition coefficient (Wildman–Crippen LogP) is 3.06. The number of carbonyl (C=O) groups is 1. The molecule has 1 aliphatic rings. The smallest absolute Gasteiger partial charge is 0.407 e. The van der Waals surface area contributed by atoms with Gasteiger partial charge in [-0.1, -0.05) is 30.3 Å². The Labute approximate surface area is 112 Å². The van der Waals surface area contributed by atoms with Gasteiger partial charge >= 0.3 is 6.09 Å². The van der Waals surface area contributed by atoms with E-state index in [1.54, 1.807) is 0 Å². The maximum Gasteiger partial charge on any atom is 0.407 e. The Bertz CT molecular complexity index is 363. The molecule has 4 heteroatoms. The number of carbonyl (C=O) groups excluding carboxylic acids is 1. The lowest BCUT2D eigenvalue weighted by molar-refractivity contribution is 0.138. The molecule has 0 spiro atoms. The first-order chi connectivity index (χ1) is 8.84. The van der Waals surface area contributed by atoms with Crippen LogP contribution in [0.25, 0.3) is 0 Å². The van der Waals surface area contributed by atoms with Crippen molar-refractivity contribution in [3.8, 4) is 0 Å². The van der Waals surface area contributed by atoms with Crippen molar-refractivity contribution < 1.29 is 9.53 Å². The molecule has 3 nitrogen and oxygen atoms in total. The summed E-state index contributed by atoms with van der Waals surface area (Å²) in [6, 6.07) is 9.73. The molecule has 1 saturated heterocycles. The Morgan fingerprint density at radius 1 is 1.39 bits per heavy atom. The fourth-order valence-electron chi connectivity index (χ4n) is 1.97. The number of benzene rings is 1. The van der Waals surface area contributed by atoms with E-state index in [0.717, 1.165) is 17.9 Å². The monoisotopic (exact) mass is 265 g/mol. The normalized spacial score (nSPS) is 19.2. The highest BCUT2D eigenvalue weighted by Crippen LogP contribution is 2.21. The van der Waals surface area contributed by atoms with E-state index in [2.05, 4.69) is 5.32 Å². The Kier molecular flexibility index (Phi) is 5.39. The third-order valence-electron chi connectivity index (χ3n) is 3.00. The van der Waals surface area contributed by atoms with Gasteiger partial charge in [-0.15, -0.1) is 0 Å². The quantitative estimate of drug-likeness (QED) is 0.909. The topological polar surface area (TPSA) is 38.3 Å². The van der Waals surface area contributed by atoms with Crippen LogP contribution < -0.4 is 5.32 Å². The third kappa shape index (κ3) is 4.61. The van der Waals surface area contributed by atoms with Crippen LogP contribution in [0.4, 0.5) is 4.79 Å². The second-order valence-electron chi connectivity index (χ2n) is 4.53. The van der Waals surface area contributed by atoms with Crippen LogP contribution in [0.2, 0.25) is 0 Å². The summed E-state index contributed by atoms with van der Waals surface area (Å²) in [4.78, 5) is 11.5. The van der Waals surface area contributed by atoms with E-state index in [1.165, 1.54) is 18.6 Å². The predicted molar refractivity (Wildman–Crippen MR) is 74.7 cm³/mol. The van der Waals surface area contributed by atoms with Gasteiger partial charge < -0.3 is 10.1 Å². The zero-order chi connectivity index (χ0) is 12.6. The molecule has 0 bridgehead atoms. The highest BCUT2D eigenvalue weighted by molar-refractivity contribution is 7.99. The standard InChI is InChI=1S/C14H19NO2S/c16-14(15-9-13-7-4-8-18-11-13)17-10-12-5-2-1-3-6-12/h1-3,5-6,13H,4,7-11H2,(H,15,16). The molecule has 1 unspecified atom stereocenters. The van der Waals surface area contributed by atoms with Crippen molar-refractivity contribution in [2.24, 2.45) is 5.92 Å². The van der Waals surface area contributed by atoms with Gasteiger partial charge in [-0.25, -0.2) is 4.79 Å². The minimum atomic E-state index is -0.311. The molecule has 1 aliphatic heterocycles. The van der Waals surface area contributed by atoms with E-state index in [9.17, 15) is 4.79 Å². The molecule has 2 rings (SSSR count). The minimum absolute atomic E-state index is 0.311. The van der Waals surface area contributed by atoms with Crippen LogP contribution in [0.1, 0.15) is 18.4 Å². The number of alkyl carbamates (subject to hydrolysis) is 1. The Hall–Kier alpha value is -1.16. The van der Waals surface area contributed by atoms with Crippen LogP contribution in [0, 0.1) is 5.92 Å². The Morgan fingerprint density at radius 3 is 2.94 bits per heavy atom. The summed E-state index contributed by atoms with van der Waals surface area (Å²) in [7, 11) is 0. The second kappa shape index (κ2) is 7.31. The number of ether oxygens (including phenoxy) is 1. The van der Waals surface area contributed by atoms with E-state index < -0.39 is 0 Å². The van der Waals surface area contributed by atoms with Crippen LogP contribution in [0.5, 0.6) is 0 Å². The van der Waals surface area contributed by atoms with E-state index in [-0.39, 0.29) is 6.09 Å². The van der Waals surface area contributed by atoms with Crippen molar-refractivity contribution in [2.45, 2.75) is 19.4 Å². The van der Waals surface area contributed by atoms with Gasteiger partial charge in [0, 0.05) is 6.54 Å². The van der Waals surface area contributed by atoms with Gasteiger partial charge in [0.25, 0.3) is 0 Å². The summed E-state index contributed by atoms with van der Waals surface area (Å²) < 4.78 is 5.16. The third-order valence-corrected chi connectivity index (χ3v) is 4.29. The lowest BCUT2D eigenvalue weighted by atomic mass is 10.1. The molecule has 18 heavy (non-hydrogen) atoms. The number of hydrogen-bond acceptors (Lipinski definition) is 3. The molecule has 1 N–H and O–H groups in total. The number of hydrogen-bond donors (Lipinski definition) is 1. The molecular weight excluding hydrogens is 246 g/mol. The molecule has 1 heterocycles. The molecule has 1 fully saturated rings. The van der Waals surface area contributed by atoms with Crippen molar-refractivity contribution in [2.75, 3.05) is 18.1 Å². The van der Waals surface area contributed by atoms with Gasteiger partial charge in [0.15, 0.2) is 0 Å². The van der Waals surface area contributed by atoms with Crippen LogP contribution in [0.15, 0.2) is 30.3 Å².